The van der Waals surface area contributed by atoms with E-state index in [0.717, 1.165) is 4.90 Å². The first-order valence-corrected chi connectivity index (χ1v) is 8.65. The number of carbonyl (C=O) groups is 1. The van der Waals surface area contributed by atoms with E-state index in [1.807, 2.05) is 0 Å². The normalized spacial score (nSPS) is 10.5. The average Bonchev–Trinajstić information content (AvgIpc) is 2.61. The molecule has 0 radical (unpaired) electrons. The van der Waals surface area contributed by atoms with Crippen LogP contribution in [0.3, 0.4) is 0 Å². The minimum atomic E-state index is -0.605. The summed E-state index contributed by atoms with van der Waals surface area (Å²) in [6.07, 6.45) is 0. The van der Waals surface area contributed by atoms with Gasteiger partial charge in [-0.15, -0.1) is 12.6 Å². The van der Waals surface area contributed by atoms with Crippen molar-refractivity contribution >= 4 is 47.4 Å². The Morgan fingerprint density at radius 2 is 1.69 bits per heavy atom. The number of hydrogen-bond donors (Lipinski definition) is 2. The van der Waals surface area contributed by atoms with E-state index in [0.29, 0.717) is 16.3 Å². The van der Waals surface area contributed by atoms with Crippen molar-refractivity contribution in [2.24, 2.45) is 0 Å². The maximum Gasteiger partial charge on any atom is 0.255 e. The Kier molecular flexibility index (Phi) is 5.71. The Bertz CT molecular complexity index is 964. The molecule has 0 aliphatic heterocycles. The Balaban J connectivity index is 1.73. The maximum absolute atomic E-state index is 14.3. The number of nitrogens with one attached hydrogen (secondary N) is 1. The quantitative estimate of drug-likeness (QED) is 0.486. The first-order valence-electron chi connectivity index (χ1n) is 7.45. The van der Waals surface area contributed by atoms with E-state index in [-0.39, 0.29) is 16.5 Å². The van der Waals surface area contributed by atoms with Gasteiger partial charge in [0.2, 0.25) is 0 Å². The lowest BCUT2D eigenvalue weighted by Gasteiger charge is -2.10. The Morgan fingerprint density at radius 3 is 2.35 bits per heavy atom. The summed E-state index contributed by atoms with van der Waals surface area (Å²) in [6.45, 7) is 0. The van der Waals surface area contributed by atoms with Crippen LogP contribution < -0.4 is 10.1 Å². The molecule has 0 spiro atoms. The maximum atomic E-state index is 14.3. The number of carbonyl (C=O) groups excluding carboxylic acids is 1. The number of ether oxygens (including phenoxy) is 1. The van der Waals surface area contributed by atoms with Crippen LogP contribution >= 0.6 is 35.8 Å². The van der Waals surface area contributed by atoms with Gasteiger partial charge in [0, 0.05) is 22.2 Å². The zero-order chi connectivity index (χ0) is 18.7. The van der Waals surface area contributed by atoms with Crippen molar-refractivity contribution in [3.63, 3.8) is 0 Å². The summed E-state index contributed by atoms with van der Waals surface area (Å²) in [6, 6.07) is 15.5. The highest BCUT2D eigenvalue weighted by atomic mass is 35.5. The van der Waals surface area contributed by atoms with Gasteiger partial charge in [0.05, 0.1) is 10.0 Å². The van der Waals surface area contributed by atoms with Gasteiger partial charge in [-0.25, -0.2) is 4.39 Å². The van der Waals surface area contributed by atoms with Crippen LogP contribution in [-0.2, 0) is 0 Å². The second-order valence-electron chi connectivity index (χ2n) is 5.32. The molecule has 0 aliphatic carbocycles. The number of thiol groups is 1. The first-order chi connectivity index (χ1) is 12.4. The van der Waals surface area contributed by atoms with Crippen LogP contribution in [0.2, 0.25) is 10.0 Å². The number of benzene rings is 3. The van der Waals surface area contributed by atoms with Gasteiger partial charge in [-0.3, -0.25) is 4.79 Å². The standard InChI is InChI=1S/C19H12Cl2FNO2S/c20-15-7-1-11(9-16(15)21)19(24)23-12-2-8-18(17(22)10-12)25-13-3-5-14(26)6-4-13/h1-10,26H,(H,23,24). The summed E-state index contributed by atoms with van der Waals surface area (Å²) in [7, 11) is 0. The molecule has 0 aliphatic rings. The Hall–Kier alpha value is -2.21. The predicted molar refractivity (Wildman–Crippen MR) is 105 cm³/mol. The zero-order valence-corrected chi connectivity index (χ0v) is 15.6. The van der Waals surface area contributed by atoms with Crippen LogP contribution in [0.15, 0.2) is 65.6 Å². The summed E-state index contributed by atoms with van der Waals surface area (Å²) in [5.41, 5.74) is 0.601. The molecule has 0 bridgehead atoms. The van der Waals surface area contributed by atoms with Crippen LogP contribution in [0.5, 0.6) is 11.5 Å². The highest BCUT2D eigenvalue weighted by Crippen LogP contribution is 2.28. The van der Waals surface area contributed by atoms with Crippen LogP contribution in [0.4, 0.5) is 10.1 Å². The number of anilines is 1. The van der Waals surface area contributed by atoms with Crippen LogP contribution in [0.1, 0.15) is 10.4 Å². The number of hydrogen-bond acceptors (Lipinski definition) is 3. The second-order valence-corrected chi connectivity index (χ2v) is 6.65. The van der Waals surface area contributed by atoms with Gasteiger partial charge in [0.15, 0.2) is 11.6 Å². The smallest absolute Gasteiger partial charge is 0.255 e. The van der Waals surface area contributed by atoms with Crippen molar-refractivity contribution in [2.75, 3.05) is 5.32 Å². The van der Waals surface area contributed by atoms with Crippen LogP contribution in [-0.4, -0.2) is 5.91 Å². The minimum absolute atomic E-state index is 0.0458. The molecule has 3 nitrogen and oxygen atoms in total. The van der Waals surface area contributed by atoms with Crippen molar-refractivity contribution in [1.82, 2.24) is 0 Å². The molecule has 3 aromatic rings. The molecule has 0 aromatic heterocycles. The molecule has 26 heavy (non-hydrogen) atoms. The lowest BCUT2D eigenvalue weighted by molar-refractivity contribution is 0.102. The van der Waals surface area contributed by atoms with E-state index < -0.39 is 11.7 Å². The van der Waals surface area contributed by atoms with E-state index in [9.17, 15) is 9.18 Å². The van der Waals surface area contributed by atoms with E-state index in [2.05, 4.69) is 17.9 Å². The van der Waals surface area contributed by atoms with Gasteiger partial charge < -0.3 is 10.1 Å². The van der Waals surface area contributed by atoms with Crippen molar-refractivity contribution in [3.05, 3.63) is 82.1 Å². The number of amides is 1. The molecule has 0 unspecified atom stereocenters. The van der Waals surface area contributed by atoms with E-state index >= 15 is 0 Å². The van der Waals surface area contributed by atoms with Crippen molar-refractivity contribution in [3.8, 4) is 11.5 Å². The molecule has 0 fully saturated rings. The summed E-state index contributed by atoms with van der Waals surface area (Å²) < 4.78 is 19.7. The molecule has 0 atom stereocenters. The third-order valence-corrected chi connectivity index (χ3v) is 4.47. The Labute approximate surface area is 165 Å². The molecule has 3 rings (SSSR count). The third-order valence-electron chi connectivity index (χ3n) is 3.44. The summed E-state index contributed by atoms with van der Waals surface area (Å²) in [5.74, 6) is -0.508. The monoisotopic (exact) mass is 407 g/mol. The second kappa shape index (κ2) is 7.99. The average molecular weight is 408 g/mol. The molecule has 1 N–H and O–H groups in total. The van der Waals surface area contributed by atoms with Crippen molar-refractivity contribution in [2.45, 2.75) is 4.90 Å². The topological polar surface area (TPSA) is 38.3 Å². The Morgan fingerprint density at radius 1 is 0.962 bits per heavy atom. The van der Waals surface area contributed by atoms with Gasteiger partial charge in [0.25, 0.3) is 5.91 Å². The highest BCUT2D eigenvalue weighted by Gasteiger charge is 2.11. The number of rotatable bonds is 4. The van der Waals surface area contributed by atoms with Crippen molar-refractivity contribution in [1.29, 1.82) is 0 Å². The minimum Gasteiger partial charge on any atom is -0.454 e. The predicted octanol–water partition coefficient (Wildman–Crippen LogP) is 6.47. The molecular formula is C19H12Cl2FNO2S. The summed E-state index contributed by atoms with van der Waals surface area (Å²) in [4.78, 5) is 13.0. The van der Waals surface area contributed by atoms with Gasteiger partial charge in [-0.1, -0.05) is 23.2 Å². The van der Waals surface area contributed by atoms with E-state index in [1.165, 1.54) is 30.3 Å². The summed E-state index contributed by atoms with van der Waals surface area (Å²) in [5, 5.41) is 3.21. The zero-order valence-electron chi connectivity index (χ0n) is 13.2. The summed E-state index contributed by atoms with van der Waals surface area (Å²) >= 11 is 15.9. The SMILES string of the molecule is O=C(Nc1ccc(Oc2ccc(S)cc2)c(F)c1)c1ccc(Cl)c(Cl)c1. The van der Waals surface area contributed by atoms with Crippen LogP contribution in [0, 0.1) is 5.82 Å². The fraction of sp³-hybridized carbons (Fsp3) is 0. The molecule has 7 heteroatoms. The lowest BCUT2D eigenvalue weighted by atomic mass is 10.2. The van der Waals surface area contributed by atoms with Gasteiger partial charge >= 0.3 is 0 Å². The highest BCUT2D eigenvalue weighted by molar-refractivity contribution is 7.80. The van der Waals surface area contributed by atoms with Crippen LogP contribution in [0.25, 0.3) is 0 Å². The number of halogens is 3. The fourth-order valence-electron chi connectivity index (χ4n) is 2.14. The molecule has 132 valence electrons. The molecule has 1 amide bonds. The molecule has 0 saturated heterocycles. The largest absolute Gasteiger partial charge is 0.454 e. The first kappa shape index (κ1) is 18.6. The molecular weight excluding hydrogens is 396 g/mol. The van der Waals surface area contributed by atoms with Crippen molar-refractivity contribution < 1.29 is 13.9 Å². The molecule has 3 aromatic carbocycles. The van der Waals surface area contributed by atoms with Gasteiger partial charge in [-0.05, 0) is 54.6 Å². The third kappa shape index (κ3) is 4.49. The van der Waals surface area contributed by atoms with E-state index in [4.69, 9.17) is 27.9 Å². The van der Waals surface area contributed by atoms with Gasteiger partial charge in [-0.2, -0.15) is 0 Å². The van der Waals surface area contributed by atoms with E-state index in [1.54, 1.807) is 30.3 Å². The molecule has 0 heterocycles. The van der Waals surface area contributed by atoms with Gasteiger partial charge in [0.1, 0.15) is 5.75 Å². The molecule has 0 saturated carbocycles. The fourth-order valence-corrected chi connectivity index (χ4v) is 2.59. The lowest BCUT2D eigenvalue weighted by Crippen LogP contribution is -2.12.